The Bertz CT molecular complexity index is 1280. The van der Waals surface area contributed by atoms with Crippen LogP contribution in [0.3, 0.4) is 0 Å². The number of carbonyl (C=O) groups is 2. The third-order valence-corrected chi connectivity index (χ3v) is 5.07. The highest BCUT2D eigenvalue weighted by Gasteiger charge is 2.18. The molecular formula is C23H20ClN5O2. The molecule has 0 saturated carbocycles. The van der Waals surface area contributed by atoms with Crippen molar-refractivity contribution >= 4 is 45.8 Å². The Labute approximate surface area is 184 Å². The molecule has 0 aliphatic carbocycles. The van der Waals surface area contributed by atoms with Gasteiger partial charge in [-0.1, -0.05) is 41.9 Å². The molecule has 0 atom stereocenters. The Morgan fingerprint density at radius 1 is 1.06 bits per heavy atom. The number of fused-ring (bicyclic) bond motifs is 1. The molecule has 31 heavy (non-hydrogen) atoms. The lowest BCUT2D eigenvalue weighted by Gasteiger charge is -2.11. The topological polar surface area (TPSA) is 88.9 Å². The number of nitrogens with one attached hydrogen (secondary N) is 2. The van der Waals surface area contributed by atoms with E-state index in [-0.39, 0.29) is 11.8 Å². The maximum Gasteiger partial charge on any atom is 0.256 e. The minimum atomic E-state index is -0.325. The molecule has 4 aromatic rings. The van der Waals surface area contributed by atoms with Gasteiger partial charge in [0.1, 0.15) is 0 Å². The molecule has 0 bridgehead atoms. The number of aromatic nitrogens is 3. The van der Waals surface area contributed by atoms with Crippen molar-refractivity contribution in [2.24, 2.45) is 0 Å². The first-order chi connectivity index (χ1) is 15.0. The van der Waals surface area contributed by atoms with Gasteiger partial charge in [0.25, 0.3) is 5.91 Å². The number of hydrogen-bond donors (Lipinski definition) is 2. The van der Waals surface area contributed by atoms with E-state index in [1.54, 1.807) is 35.1 Å². The first-order valence-electron chi connectivity index (χ1n) is 9.76. The molecule has 0 spiro atoms. The molecule has 0 saturated heterocycles. The summed E-state index contributed by atoms with van der Waals surface area (Å²) in [6, 6.07) is 16.3. The van der Waals surface area contributed by atoms with E-state index in [1.165, 1.54) is 6.92 Å². The third kappa shape index (κ3) is 4.27. The van der Waals surface area contributed by atoms with Crippen molar-refractivity contribution in [1.29, 1.82) is 0 Å². The Morgan fingerprint density at radius 3 is 2.52 bits per heavy atom. The fourth-order valence-electron chi connectivity index (χ4n) is 3.31. The average molecular weight is 434 g/mol. The van der Waals surface area contributed by atoms with E-state index in [9.17, 15) is 9.59 Å². The number of carbonyl (C=O) groups excluding carboxylic acids is 2. The average Bonchev–Trinajstić information content (AvgIpc) is 3.18. The van der Waals surface area contributed by atoms with Gasteiger partial charge in [-0.25, -0.2) is 9.67 Å². The van der Waals surface area contributed by atoms with E-state index in [0.717, 1.165) is 5.56 Å². The number of benzene rings is 2. The van der Waals surface area contributed by atoms with Gasteiger partial charge in [0, 0.05) is 24.7 Å². The van der Waals surface area contributed by atoms with Gasteiger partial charge in [0.2, 0.25) is 5.91 Å². The second kappa shape index (κ2) is 8.57. The van der Waals surface area contributed by atoms with Crippen LogP contribution in [0.1, 0.15) is 24.2 Å². The quantitative estimate of drug-likeness (QED) is 0.464. The van der Waals surface area contributed by atoms with Crippen molar-refractivity contribution in [3.05, 3.63) is 71.4 Å². The maximum absolute atomic E-state index is 13.2. The van der Waals surface area contributed by atoms with E-state index in [1.807, 2.05) is 37.3 Å². The normalized spacial score (nSPS) is 10.8. The number of amides is 2. The molecule has 0 fully saturated rings. The van der Waals surface area contributed by atoms with E-state index in [0.29, 0.717) is 45.2 Å². The van der Waals surface area contributed by atoms with Crippen molar-refractivity contribution < 1.29 is 9.59 Å². The largest absolute Gasteiger partial charge is 0.326 e. The van der Waals surface area contributed by atoms with Crippen LogP contribution in [0, 0.1) is 0 Å². The summed E-state index contributed by atoms with van der Waals surface area (Å²) in [6.07, 6.45) is 1.65. The predicted octanol–water partition coefficient (Wildman–Crippen LogP) is 4.98. The molecule has 0 aliphatic rings. The maximum atomic E-state index is 13.2. The lowest BCUT2D eigenvalue weighted by atomic mass is 10.1. The van der Waals surface area contributed by atoms with Crippen LogP contribution < -0.4 is 10.6 Å². The van der Waals surface area contributed by atoms with Gasteiger partial charge in [-0.05, 0) is 31.2 Å². The first-order valence-corrected chi connectivity index (χ1v) is 10.1. The monoisotopic (exact) mass is 433 g/mol. The van der Waals surface area contributed by atoms with E-state index < -0.39 is 0 Å². The molecule has 4 rings (SSSR count). The van der Waals surface area contributed by atoms with E-state index in [2.05, 4.69) is 15.7 Å². The van der Waals surface area contributed by atoms with Crippen LogP contribution in [0.15, 0.2) is 60.8 Å². The number of pyridine rings is 1. The van der Waals surface area contributed by atoms with Crippen LogP contribution in [0.5, 0.6) is 0 Å². The highest BCUT2D eigenvalue weighted by Crippen LogP contribution is 2.29. The van der Waals surface area contributed by atoms with Gasteiger partial charge >= 0.3 is 0 Å². The van der Waals surface area contributed by atoms with Crippen LogP contribution in [0.4, 0.5) is 11.4 Å². The second-order valence-corrected chi connectivity index (χ2v) is 7.36. The lowest BCUT2D eigenvalue weighted by Crippen LogP contribution is -2.14. The lowest BCUT2D eigenvalue weighted by molar-refractivity contribution is -0.114. The van der Waals surface area contributed by atoms with Crippen molar-refractivity contribution in [2.45, 2.75) is 20.4 Å². The van der Waals surface area contributed by atoms with Crippen molar-refractivity contribution in [3.8, 4) is 11.3 Å². The molecule has 7 nitrogen and oxygen atoms in total. The Hall–Kier alpha value is -3.71. The zero-order chi connectivity index (χ0) is 22.0. The molecule has 0 aliphatic heterocycles. The molecule has 2 aromatic carbocycles. The summed E-state index contributed by atoms with van der Waals surface area (Å²) >= 11 is 6.32. The number of halogens is 1. The summed E-state index contributed by atoms with van der Waals surface area (Å²) in [7, 11) is 0. The summed E-state index contributed by atoms with van der Waals surface area (Å²) in [5.74, 6) is -0.525. The zero-order valence-electron chi connectivity index (χ0n) is 17.0. The number of hydrogen-bond acceptors (Lipinski definition) is 4. The van der Waals surface area contributed by atoms with E-state index in [4.69, 9.17) is 16.6 Å². The fourth-order valence-corrected chi connectivity index (χ4v) is 3.54. The number of rotatable bonds is 5. The number of anilines is 2. The summed E-state index contributed by atoms with van der Waals surface area (Å²) < 4.78 is 1.76. The Morgan fingerprint density at radius 2 is 1.84 bits per heavy atom. The SMILES string of the molecule is CCn1ncc2c(C(=O)Nc3ccc(NC(C)=O)cc3Cl)cc(-c3ccccc3)nc21. The van der Waals surface area contributed by atoms with Gasteiger partial charge in [-0.15, -0.1) is 0 Å². The summed E-state index contributed by atoms with van der Waals surface area (Å²) in [5.41, 5.74) is 3.67. The first kappa shape index (κ1) is 20.6. The fraction of sp³-hybridized carbons (Fsp3) is 0.130. The predicted molar refractivity (Wildman–Crippen MR) is 122 cm³/mol. The summed E-state index contributed by atoms with van der Waals surface area (Å²) in [4.78, 5) is 29.2. The molecule has 2 aromatic heterocycles. The minimum absolute atomic E-state index is 0.201. The van der Waals surface area contributed by atoms with Gasteiger partial charge in [0.05, 0.1) is 33.6 Å². The zero-order valence-corrected chi connectivity index (χ0v) is 17.8. The highest BCUT2D eigenvalue weighted by atomic mass is 35.5. The van der Waals surface area contributed by atoms with Crippen molar-refractivity contribution in [2.75, 3.05) is 10.6 Å². The van der Waals surface area contributed by atoms with Crippen molar-refractivity contribution in [3.63, 3.8) is 0 Å². The minimum Gasteiger partial charge on any atom is -0.326 e. The molecule has 2 heterocycles. The molecule has 156 valence electrons. The van der Waals surface area contributed by atoms with Crippen LogP contribution in [-0.4, -0.2) is 26.6 Å². The Balaban J connectivity index is 1.74. The van der Waals surface area contributed by atoms with Crippen LogP contribution in [0.2, 0.25) is 5.02 Å². The summed E-state index contributed by atoms with van der Waals surface area (Å²) in [6.45, 7) is 4.02. The standard InChI is InChI=1S/C23H20ClN5O2/c1-3-29-22-18(13-25-29)17(12-21(27-22)15-7-5-4-6-8-15)23(31)28-20-10-9-16(11-19(20)24)26-14(2)30/h4-13H,3H2,1-2H3,(H,26,30)(H,28,31). The van der Waals surface area contributed by atoms with Gasteiger partial charge in [-0.3, -0.25) is 9.59 Å². The van der Waals surface area contributed by atoms with Crippen molar-refractivity contribution in [1.82, 2.24) is 14.8 Å². The van der Waals surface area contributed by atoms with Crippen LogP contribution in [-0.2, 0) is 11.3 Å². The van der Waals surface area contributed by atoms with Gasteiger partial charge < -0.3 is 10.6 Å². The molecule has 2 amide bonds. The summed E-state index contributed by atoms with van der Waals surface area (Å²) in [5, 5.41) is 10.9. The third-order valence-electron chi connectivity index (χ3n) is 4.76. The van der Waals surface area contributed by atoms with E-state index >= 15 is 0 Å². The molecule has 8 heteroatoms. The number of nitrogens with zero attached hydrogens (tertiary/aromatic N) is 3. The van der Waals surface area contributed by atoms with Gasteiger partial charge in [-0.2, -0.15) is 5.10 Å². The Kier molecular flexibility index (Phi) is 5.68. The van der Waals surface area contributed by atoms with Crippen LogP contribution >= 0.6 is 11.6 Å². The molecule has 0 radical (unpaired) electrons. The molecule has 2 N–H and O–H groups in total. The molecule has 0 unspecified atom stereocenters. The number of aryl methyl sites for hydroxylation is 1. The smallest absolute Gasteiger partial charge is 0.256 e. The molecular weight excluding hydrogens is 414 g/mol. The van der Waals surface area contributed by atoms with Gasteiger partial charge in [0.15, 0.2) is 5.65 Å². The second-order valence-electron chi connectivity index (χ2n) is 6.95. The van der Waals surface area contributed by atoms with Crippen LogP contribution in [0.25, 0.3) is 22.3 Å². The highest BCUT2D eigenvalue weighted by molar-refractivity contribution is 6.34.